The van der Waals surface area contributed by atoms with E-state index in [0.717, 1.165) is 27.8 Å². The largest absolute Gasteiger partial charge is 0.481 e. The molecular weight excluding hydrogens is 462 g/mol. The molecule has 0 saturated carbocycles. The summed E-state index contributed by atoms with van der Waals surface area (Å²) in [7, 11) is -3.92. The Bertz CT molecular complexity index is 1430. The van der Waals surface area contributed by atoms with Crippen LogP contribution in [-0.2, 0) is 14.8 Å². The molecule has 7 nitrogen and oxygen atoms in total. The molecule has 0 fully saturated rings. The van der Waals surface area contributed by atoms with Crippen molar-refractivity contribution >= 4 is 38.3 Å². The fraction of sp³-hybridized carbons (Fsp3) is 0.333. The van der Waals surface area contributed by atoms with Crippen LogP contribution in [0.25, 0.3) is 10.8 Å². The average molecular weight is 494 g/mol. The first-order valence-corrected chi connectivity index (χ1v) is 12.8. The maximum Gasteiger partial charge on any atom is 0.305 e. The smallest absolute Gasteiger partial charge is 0.305 e. The number of rotatable bonds is 8. The van der Waals surface area contributed by atoms with Crippen molar-refractivity contribution in [1.29, 1.82) is 0 Å². The van der Waals surface area contributed by atoms with E-state index in [-0.39, 0.29) is 17.9 Å². The number of sulfonamides is 1. The third-order valence-corrected chi connectivity index (χ3v) is 8.39. The second kappa shape index (κ2) is 9.96. The highest BCUT2D eigenvalue weighted by Gasteiger charge is 2.26. The Morgan fingerprint density at radius 2 is 1.60 bits per heavy atom. The zero-order valence-corrected chi connectivity index (χ0v) is 21.7. The van der Waals surface area contributed by atoms with Crippen molar-refractivity contribution in [2.75, 3.05) is 16.2 Å². The van der Waals surface area contributed by atoms with Gasteiger partial charge in [0.25, 0.3) is 10.0 Å². The van der Waals surface area contributed by atoms with Crippen LogP contribution in [0.5, 0.6) is 0 Å². The molecule has 0 radical (unpaired) electrons. The minimum Gasteiger partial charge on any atom is -0.481 e. The van der Waals surface area contributed by atoms with Gasteiger partial charge >= 0.3 is 5.97 Å². The molecule has 0 aliphatic rings. The minimum atomic E-state index is -3.92. The number of pyridine rings is 1. The Kier molecular flexibility index (Phi) is 7.41. The summed E-state index contributed by atoms with van der Waals surface area (Å²) in [4.78, 5) is 17.9. The number of nitrogens with zero attached hydrogens (tertiary/aromatic N) is 2. The van der Waals surface area contributed by atoms with E-state index in [0.29, 0.717) is 22.3 Å². The van der Waals surface area contributed by atoms with Crippen LogP contribution in [0.15, 0.2) is 35.4 Å². The lowest BCUT2D eigenvalue weighted by molar-refractivity contribution is -0.137. The Hall–Kier alpha value is -3.57. The molecule has 2 N–H and O–H groups in total. The van der Waals surface area contributed by atoms with E-state index in [2.05, 4.69) is 15.6 Å². The van der Waals surface area contributed by atoms with Crippen LogP contribution in [0.3, 0.4) is 0 Å². The summed E-state index contributed by atoms with van der Waals surface area (Å²) in [6.45, 7) is 11.4. The third-order valence-electron chi connectivity index (χ3n) is 6.75. The molecule has 0 amide bonds. The van der Waals surface area contributed by atoms with Crippen molar-refractivity contribution < 1.29 is 18.3 Å². The topological polar surface area (TPSA) is 99.6 Å². The quantitative estimate of drug-likeness (QED) is 0.434. The number of carbonyl (C=O) groups is 1. The summed E-state index contributed by atoms with van der Waals surface area (Å²) in [6.07, 6.45) is 6.91. The van der Waals surface area contributed by atoms with Gasteiger partial charge in [0, 0.05) is 16.8 Å². The average Bonchev–Trinajstić information content (AvgIpc) is 2.79. The number of aliphatic carboxylic acids is 1. The normalized spacial score (nSPS) is 12.3. The molecule has 1 atom stereocenters. The SMILES string of the molecule is C#CCN(c1ncc(NS(=O)(=O)c2c(C)c(C)c(C)c(C)c2C)c2ccccc12)[C@@H](C)CC(=O)O. The number of hydrogen-bond acceptors (Lipinski definition) is 5. The van der Waals surface area contributed by atoms with Crippen molar-refractivity contribution in [3.63, 3.8) is 0 Å². The van der Waals surface area contributed by atoms with Gasteiger partial charge in [0.2, 0.25) is 0 Å². The van der Waals surface area contributed by atoms with E-state index < -0.39 is 22.0 Å². The summed E-state index contributed by atoms with van der Waals surface area (Å²) in [5, 5.41) is 10.6. The Morgan fingerprint density at radius 3 is 2.14 bits per heavy atom. The van der Waals surface area contributed by atoms with Gasteiger partial charge in [-0.25, -0.2) is 13.4 Å². The van der Waals surface area contributed by atoms with Crippen molar-refractivity contribution in [3.05, 3.63) is 58.3 Å². The van der Waals surface area contributed by atoms with E-state index in [1.807, 2.05) is 52.8 Å². The second-order valence-electron chi connectivity index (χ2n) is 8.88. The molecule has 0 bridgehead atoms. The van der Waals surface area contributed by atoms with Crippen LogP contribution in [-0.4, -0.2) is 37.1 Å². The fourth-order valence-electron chi connectivity index (χ4n) is 4.45. The van der Waals surface area contributed by atoms with E-state index in [9.17, 15) is 18.3 Å². The molecule has 184 valence electrons. The molecule has 0 unspecified atom stereocenters. The Balaban J connectivity index is 2.15. The van der Waals surface area contributed by atoms with Crippen molar-refractivity contribution in [3.8, 4) is 12.3 Å². The van der Waals surface area contributed by atoms with Gasteiger partial charge in [-0.2, -0.15) is 0 Å². The van der Waals surface area contributed by atoms with Crippen LogP contribution in [0.4, 0.5) is 11.5 Å². The monoisotopic (exact) mass is 493 g/mol. The van der Waals surface area contributed by atoms with Crippen LogP contribution >= 0.6 is 0 Å². The van der Waals surface area contributed by atoms with Crippen LogP contribution in [0.1, 0.15) is 41.2 Å². The summed E-state index contributed by atoms with van der Waals surface area (Å²) >= 11 is 0. The van der Waals surface area contributed by atoms with E-state index in [4.69, 9.17) is 6.42 Å². The lowest BCUT2D eigenvalue weighted by Gasteiger charge is -2.29. The van der Waals surface area contributed by atoms with E-state index in [1.165, 1.54) is 6.20 Å². The summed E-state index contributed by atoms with van der Waals surface area (Å²) in [5.41, 5.74) is 4.75. The predicted octanol–water partition coefficient (Wildman–Crippen LogP) is 4.88. The number of nitrogens with one attached hydrogen (secondary N) is 1. The van der Waals surface area contributed by atoms with Gasteiger partial charge in [0.1, 0.15) is 5.82 Å². The lowest BCUT2D eigenvalue weighted by atomic mass is 9.95. The zero-order chi connectivity index (χ0) is 26.1. The molecule has 1 aromatic heterocycles. The van der Waals surface area contributed by atoms with Gasteiger partial charge < -0.3 is 10.0 Å². The number of terminal acetylenes is 1. The molecule has 0 spiro atoms. The van der Waals surface area contributed by atoms with E-state index >= 15 is 0 Å². The predicted molar refractivity (Wildman–Crippen MR) is 141 cm³/mol. The van der Waals surface area contributed by atoms with Crippen LogP contribution < -0.4 is 9.62 Å². The summed E-state index contributed by atoms with van der Waals surface area (Å²) in [5.74, 6) is 2.13. The lowest BCUT2D eigenvalue weighted by Crippen LogP contribution is -2.36. The molecular formula is C27H31N3O4S. The second-order valence-corrected chi connectivity index (χ2v) is 10.5. The third kappa shape index (κ3) is 4.96. The maximum atomic E-state index is 13.6. The Morgan fingerprint density at radius 1 is 1.06 bits per heavy atom. The highest BCUT2D eigenvalue weighted by molar-refractivity contribution is 7.92. The molecule has 1 heterocycles. The zero-order valence-electron chi connectivity index (χ0n) is 20.9. The maximum absolute atomic E-state index is 13.6. The van der Waals surface area contributed by atoms with Gasteiger partial charge in [-0.3, -0.25) is 9.52 Å². The van der Waals surface area contributed by atoms with Crippen molar-refractivity contribution in [1.82, 2.24) is 4.98 Å². The number of aromatic nitrogens is 1. The van der Waals surface area contributed by atoms with Gasteiger partial charge in [-0.1, -0.05) is 30.2 Å². The minimum absolute atomic E-state index is 0.114. The van der Waals surface area contributed by atoms with Gasteiger partial charge in [-0.05, 0) is 69.4 Å². The number of benzene rings is 2. The molecule has 3 aromatic rings. The molecule has 0 aliphatic carbocycles. The highest BCUT2D eigenvalue weighted by atomic mass is 32.2. The number of fused-ring (bicyclic) bond motifs is 1. The summed E-state index contributed by atoms with van der Waals surface area (Å²) < 4.78 is 30.0. The number of carboxylic acids is 1. The van der Waals surface area contributed by atoms with Crippen LogP contribution in [0.2, 0.25) is 0 Å². The standard InChI is InChI=1S/C27H31N3O4S/c1-8-13-30(16(2)14-25(31)32)27-23-12-10-9-11-22(23)24(15-28-27)29-35(33,34)26-20(6)18(4)17(3)19(5)21(26)7/h1,9-12,15-16,29H,13-14H2,2-7H3,(H,31,32)/t16-/m0/s1. The van der Waals surface area contributed by atoms with E-state index in [1.54, 1.807) is 17.9 Å². The molecule has 8 heteroatoms. The summed E-state index contributed by atoms with van der Waals surface area (Å²) in [6, 6.07) is 6.85. The van der Waals surface area contributed by atoms with Gasteiger partial charge in [0.15, 0.2) is 0 Å². The number of anilines is 2. The first-order valence-electron chi connectivity index (χ1n) is 11.3. The van der Waals surface area contributed by atoms with Gasteiger partial charge in [-0.15, -0.1) is 6.42 Å². The molecule has 3 rings (SSSR count). The van der Waals surface area contributed by atoms with Crippen molar-refractivity contribution in [2.45, 2.75) is 58.9 Å². The highest BCUT2D eigenvalue weighted by Crippen LogP contribution is 2.35. The molecule has 0 aliphatic heterocycles. The number of carboxylic acid groups (broad SMARTS) is 1. The van der Waals surface area contributed by atoms with Crippen molar-refractivity contribution in [2.24, 2.45) is 0 Å². The van der Waals surface area contributed by atoms with Gasteiger partial charge in [0.05, 0.1) is 29.7 Å². The Labute approximate surface area is 207 Å². The first-order chi connectivity index (χ1) is 16.4. The number of hydrogen-bond donors (Lipinski definition) is 2. The molecule has 0 saturated heterocycles. The molecule has 2 aromatic carbocycles. The van der Waals surface area contributed by atoms with Crippen LogP contribution in [0, 0.1) is 47.0 Å². The fourth-order valence-corrected chi connectivity index (χ4v) is 6.12. The first kappa shape index (κ1) is 26.0. The molecule has 35 heavy (non-hydrogen) atoms.